The highest BCUT2D eigenvalue weighted by molar-refractivity contribution is 6.22. The number of hydrogen-bond donors (Lipinski definition) is 0. The maximum absolute atomic E-state index is 13.7. The van der Waals surface area contributed by atoms with E-state index in [2.05, 4.69) is 84.5 Å². The quantitative estimate of drug-likeness (QED) is 0.524. The molecule has 0 saturated carbocycles. The van der Waals surface area contributed by atoms with Gasteiger partial charge in [0, 0.05) is 57.1 Å². The number of hydrogen-bond acceptors (Lipinski definition) is 4. The maximum atomic E-state index is 13.7. The molecule has 0 N–H and O–H groups in total. The van der Waals surface area contributed by atoms with Crippen LogP contribution in [0.1, 0.15) is 28.1 Å². The summed E-state index contributed by atoms with van der Waals surface area (Å²) in [5.41, 5.74) is 7.02. The van der Waals surface area contributed by atoms with Gasteiger partial charge in [-0.15, -0.1) is 0 Å². The molecule has 0 bridgehead atoms. The number of piperazine rings is 1. The second-order valence-electron chi connectivity index (χ2n) is 10.2. The van der Waals surface area contributed by atoms with Gasteiger partial charge in [-0.3, -0.25) is 9.69 Å². The number of rotatable bonds is 6. The molecule has 1 fully saturated rings. The number of carbonyl (C=O) groups excluding carboxylic acids is 1. The third-order valence-corrected chi connectivity index (χ3v) is 7.55. The Balaban J connectivity index is 1.33. The largest absolute Gasteiger partial charge is 0.348 e. The van der Waals surface area contributed by atoms with E-state index in [0.717, 1.165) is 62.0 Å². The van der Waals surface area contributed by atoms with Crippen LogP contribution in [0.3, 0.4) is 0 Å². The summed E-state index contributed by atoms with van der Waals surface area (Å²) in [6, 6.07) is 20.5. The number of carbonyl (C=O) groups is 1. The number of nitrogens with zero attached hydrogens (tertiary/aromatic N) is 5. The van der Waals surface area contributed by atoms with Crippen LogP contribution >= 0.6 is 0 Å². The predicted octanol–water partition coefficient (Wildman–Crippen LogP) is 4.35. The first kappa shape index (κ1) is 24.3. The molecule has 1 unspecified atom stereocenters. The molecule has 0 aliphatic carbocycles. The highest BCUT2D eigenvalue weighted by atomic mass is 16.2. The van der Waals surface area contributed by atoms with Crippen LogP contribution in [-0.4, -0.2) is 65.0 Å². The summed E-state index contributed by atoms with van der Waals surface area (Å²) in [5.74, 6) is 0.881. The fraction of sp³-hybridized carbons (Fsp3) is 0.400. The second-order valence-corrected chi connectivity index (χ2v) is 10.2. The Morgan fingerprint density at radius 2 is 1.53 bits per heavy atom. The van der Waals surface area contributed by atoms with Gasteiger partial charge in [-0.05, 0) is 57.0 Å². The summed E-state index contributed by atoms with van der Waals surface area (Å²) >= 11 is 0. The Bertz CT molecular complexity index is 1230. The molecule has 1 aromatic heterocycles. The third kappa shape index (κ3) is 4.96. The molecule has 5 rings (SSSR count). The minimum atomic E-state index is -0.388. The van der Waals surface area contributed by atoms with Gasteiger partial charge in [0.25, 0.3) is 5.91 Å². The molecular weight excluding hydrogens is 446 g/mol. The zero-order valence-electron chi connectivity index (χ0n) is 21.9. The zero-order chi connectivity index (χ0) is 25.2. The van der Waals surface area contributed by atoms with Crippen molar-refractivity contribution in [2.75, 3.05) is 37.6 Å². The molecule has 0 spiro atoms. The molecule has 2 aliphatic heterocycles. The molecule has 1 atom stereocenters. The summed E-state index contributed by atoms with van der Waals surface area (Å²) in [4.78, 5) is 25.5. The van der Waals surface area contributed by atoms with Gasteiger partial charge >= 0.3 is 0 Å². The van der Waals surface area contributed by atoms with Crippen molar-refractivity contribution >= 4 is 17.6 Å². The van der Waals surface area contributed by atoms with E-state index in [1.54, 1.807) is 0 Å². The van der Waals surface area contributed by atoms with Gasteiger partial charge in [0.1, 0.15) is 6.04 Å². The van der Waals surface area contributed by atoms with Crippen molar-refractivity contribution in [3.05, 3.63) is 88.7 Å². The number of aromatic nitrogens is 1. The molecule has 3 heterocycles. The molecule has 188 valence electrons. The molecule has 0 radical (unpaired) electrons. The van der Waals surface area contributed by atoms with Crippen LogP contribution in [0.5, 0.6) is 0 Å². The van der Waals surface area contributed by atoms with E-state index in [1.807, 2.05) is 23.1 Å². The second kappa shape index (κ2) is 10.3. The first-order valence-electron chi connectivity index (χ1n) is 13.0. The lowest BCUT2D eigenvalue weighted by molar-refractivity contribution is -0.118. The Kier molecular flexibility index (Phi) is 6.97. The molecular formula is C30H37N5O. The average molecular weight is 484 g/mol. The standard InChI is InChI=1S/C30H37N5O/c1-22-10-13-28(23(2)20-22)35-29(36)27(21-26-8-6-5-7-9-26)31-30(35)33-17-14-32(15-18-33)16-19-34-24(3)11-12-25(34)4/h5-13,20,27H,14-19,21H2,1-4H3. The Labute approximate surface area is 214 Å². The summed E-state index contributed by atoms with van der Waals surface area (Å²) in [6.07, 6.45) is 0.625. The summed E-state index contributed by atoms with van der Waals surface area (Å²) in [6.45, 7) is 14.2. The fourth-order valence-electron chi connectivity index (χ4n) is 5.44. The lowest BCUT2D eigenvalue weighted by Gasteiger charge is -2.38. The number of aliphatic imine (C=N–C) groups is 1. The van der Waals surface area contributed by atoms with Gasteiger partial charge in [-0.2, -0.15) is 0 Å². The van der Waals surface area contributed by atoms with E-state index >= 15 is 0 Å². The van der Waals surface area contributed by atoms with Crippen LogP contribution in [-0.2, 0) is 17.8 Å². The van der Waals surface area contributed by atoms with Crippen molar-refractivity contribution in [1.82, 2.24) is 14.4 Å². The van der Waals surface area contributed by atoms with Crippen LogP contribution in [0.2, 0.25) is 0 Å². The van der Waals surface area contributed by atoms with Crippen molar-refractivity contribution in [3.63, 3.8) is 0 Å². The van der Waals surface area contributed by atoms with Crippen LogP contribution in [0.15, 0.2) is 65.7 Å². The van der Waals surface area contributed by atoms with E-state index in [-0.39, 0.29) is 11.9 Å². The van der Waals surface area contributed by atoms with Crippen molar-refractivity contribution in [1.29, 1.82) is 0 Å². The minimum Gasteiger partial charge on any atom is -0.348 e. The summed E-state index contributed by atoms with van der Waals surface area (Å²) < 4.78 is 2.39. The van der Waals surface area contributed by atoms with Crippen LogP contribution in [0.25, 0.3) is 0 Å². The Morgan fingerprint density at radius 3 is 2.19 bits per heavy atom. The van der Waals surface area contributed by atoms with Gasteiger partial charge in [-0.1, -0.05) is 48.0 Å². The van der Waals surface area contributed by atoms with E-state index in [0.29, 0.717) is 6.42 Å². The smallest absolute Gasteiger partial charge is 0.259 e. The SMILES string of the molecule is Cc1ccc(N2C(=O)C(Cc3ccccc3)N=C2N2CCN(CCn3c(C)ccc3C)CC2)c(C)c1. The predicted molar refractivity (Wildman–Crippen MR) is 147 cm³/mol. The van der Waals surface area contributed by atoms with Gasteiger partial charge in [0.2, 0.25) is 5.96 Å². The van der Waals surface area contributed by atoms with Gasteiger partial charge < -0.3 is 9.47 Å². The van der Waals surface area contributed by atoms with E-state index in [1.165, 1.54) is 17.0 Å². The molecule has 2 aromatic carbocycles. The normalized spacial score (nSPS) is 18.7. The van der Waals surface area contributed by atoms with Crippen LogP contribution in [0, 0.1) is 27.7 Å². The number of guanidine groups is 1. The van der Waals surface area contributed by atoms with Crippen LogP contribution in [0.4, 0.5) is 5.69 Å². The molecule has 6 heteroatoms. The Hall–Kier alpha value is -3.38. The minimum absolute atomic E-state index is 0.0711. The molecule has 1 saturated heterocycles. The zero-order valence-corrected chi connectivity index (χ0v) is 21.9. The van der Waals surface area contributed by atoms with E-state index in [4.69, 9.17) is 4.99 Å². The van der Waals surface area contributed by atoms with Crippen molar-refractivity contribution in [3.8, 4) is 0 Å². The van der Waals surface area contributed by atoms with E-state index < -0.39 is 0 Å². The molecule has 1 amide bonds. The van der Waals surface area contributed by atoms with Crippen molar-refractivity contribution < 1.29 is 4.79 Å². The molecule has 6 nitrogen and oxygen atoms in total. The van der Waals surface area contributed by atoms with E-state index in [9.17, 15) is 4.79 Å². The first-order valence-corrected chi connectivity index (χ1v) is 13.0. The number of aryl methyl sites for hydroxylation is 4. The first-order chi connectivity index (χ1) is 17.4. The van der Waals surface area contributed by atoms with Crippen molar-refractivity contribution in [2.24, 2.45) is 4.99 Å². The Morgan fingerprint density at radius 1 is 0.833 bits per heavy atom. The molecule has 36 heavy (non-hydrogen) atoms. The molecule has 3 aromatic rings. The number of amides is 1. The van der Waals surface area contributed by atoms with Gasteiger partial charge in [0.15, 0.2) is 0 Å². The van der Waals surface area contributed by atoms with Gasteiger partial charge in [0.05, 0.1) is 5.69 Å². The maximum Gasteiger partial charge on any atom is 0.259 e. The number of benzene rings is 2. The average Bonchev–Trinajstić information content (AvgIpc) is 3.37. The lowest BCUT2D eigenvalue weighted by Crippen LogP contribution is -2.54. The topological polar surface area (TPSA) is 44.1 Å². The fourth-order valence-corrected chi connectivity index (χ4v) is 5.44. The highest BCUT2D eigenvalue weighted by Gasteiger charge is 2.39. The van der Waals surface area contributed by atoms with Crippen LogP contribution < -0.4 is 4.90 Å². The summed E-state index contributed by atoms with van der Waals surface area (Å²) in [7, 11) is 0. The van der Waals surface area contributed by atoms with Gasteiger partial charge in [-0.25, -0.2) is 9.89 Å². The lowest BCUT2D eigenvalue weighted by atomic mass is 10.1. The summed E-state index contributed by atoms with van der Waals surface area (Å²) in [5, 5.41) is 0. The highest BCUT2D eigenvalue weighted by Crippen LogP contribution is 2.29. The monoisotopic (exact) mass is 483 g/mol. The van der Waals surface area contributed by atoms with Crippen molar-refractivity contribution in [2.45, 2.75) is 46.7 Å². The molecule has 2 aliphatic rings. The number of anilines is 1. The third-order valence-electron chi connectivity index (χ3n) is 7.55.